The number of likely N-dealkylation sites (tertiary alicyclic amines) is 1. The molecule has 188 valence electrons. The van der Waals surface area contributed by atoms with Crippen molar-refractivity contribution in [3.8, 4) is 10.4 Å². The Morgan fingerprint density at radius 1 is 1.26 bits per heavy atom. The number of aliphatic hydroxyl groups excluding tert-OH is 1. The van der Waals surface area contributed by atoms with Crippen molar-refractivity contribution >= 4 is 29.1 Å². The smallest absolute Gasteiger partial charge is 0.246 e. The van der Waals surface area contributed by atoms with E-state index in [9.17, 15) is 19.5 Å². The highest BCUT2D eigenvalue weighted by Gasteiger charge is 2.44. The number of aliphatic hydroxyl groups is 1. The summed E-state index contributed by atoms with van der Waals surface area (Å²) in [6.07, 6.45) is 1.04. The number of hydrogen-bond donors (Lipinski definition) is 3. The zero-order valence-electron chi connectivity index (χ0n) is 20.9. The lowest BCUT2D eigenvalue weighted by molar-refractivity contribution is -0.144. The summed E-state index contributed by atoms with van der Waals surface area (Å²) >= 11 is 1.62. The highest BCUT2D eigenvalue weighted by molar-refractivity contribution is 7.13. The van der Waals surface area contributed by atoms with Gasteiger partial charge in [-0.25, -0.2) is 4.98 Å². The van der Waals surface area contributed by atoms with E-state index in [0.29, 0.717) is 0 Å². The normalized spacial score (nSPS) is 22.6. The SMILES string of the molecule is CC(=O)N[C@H](C(=O)N1C[C@H](O)C[C@H]1C(=O)N[C@H]1CCc2cc(-c3scnc3C)ccc21)C(C)(C)C. The maximum atomic E-state index is 13.4. The standard InChI is InChI=1S/C26H34N4O4S/c1-14-22(35-13-27-14)17-6-8-19-16(10-17)7-9-20(19)29-24(33)21-11-18(32)12-30(21)25(34)23(26(3,4)5)28-15(2)31/h6,8,10,13,18,20-21,23,32H,7,9,11-12H2,1-5H3,(H,28,31)(H,29,33)/t18-,20+,21+,23-/m1/s1. The van der Waals surface area contributed by atoms with Gasteiger partial charge >= 0.3 is 0 Å². The van der Waals surface area contributed by atoms with E-state index in [1.807, 2.05) is 33.2 Å². The van der Waals surface area contributed by atoms with Crippen molar-refractivity contribution in [1.82, 2.24) is 20.5 Å². The third-order valence-electron chi connectivity index (χ3n) is 6.87. The summed E-state index contributed by atoms with van der Waals surface area (Å²) in [6.45, 7) is 9.04. The van der Waals surface area contributed by atoms with Crippen molar-refractivity contribution in [1.29, 1.82) is 0 Å². The molecule has 8 nitrogen and oxygen atoms in total. The number of carbonyl (C=O) groups is 3. The lowest BCUT2D eigenvalue weighted by Crippen LogP contribution is -2.57. The van der Waals surface area contributed by atoms with Crippen LogP contribution in [0.25, 0.3) is 10.4 Å². The van der Waals surface area contributed by atoms with Gasteiger partial charge in [0.2, 0.25) is 17.7 Å². The van der Waals surface area contributed by atoms with E-state index in [2.05, 4.69) is 33.8 Å². The summed E-state index contributed by atoms with van der Waals surface area (Å²) in [5, 5.41) is 16.2. The summed E-state index contributed by atoms with van der Waals surface area (Å²) in [5.74, 6) is -0.930. The Morgan fingerprint density at radius 3 is 2.63 bits per heavy atom. The molecule has 1 aromatic carbocycles. The first-order chi connectivity index (χ1) is 16.5. The number of amides is 3. The van der Waals surface area contributed by atoms with E-state index in [1.54, 1.807) is 11.3 Å². The molecule has 0 unspecified atom stereocenters. The topological polar surface area (TPSA) is 112 Å². The number of aromatic nitrogens is 1. The average Bonchev–Trinajstić information content (AvgIpc) is 3.49. The second-order valence-corrected chi connectivity index (χ2v) is 11.5. The third kappa shape index (κ3) is 5.26. The van der Waals surface area contributed by atoms with Gasteiger partial charge in [-0.15, -0.1) is 11.3 Å². The minimum atomic E-state index is -0.790. The number of β-amino-alcohol motifs (C(OH)–C–C–N with tert-alkyl or cyclic N) is 1. The number of nitrogens with zero attached hydrogens (tertiary/aromatic N) is 2. The zero-order chi connectivity index (χ0) is 25.5. The van der Waals surface area contributed by atoms with E-state index < -0.39 is 23.6 Å². The molecule has 1 aliphatic carbocycles. The third-order valence-corrected chi connectivity index (χ3v) is 7.85. The molecule has 2 heterocycles. The lowest BCUT2D eigenvalue weighted by atomic mass is 9.85. The Hall–Kier alpha value is -2.78. The number of rotatable bonds is 5. The van der Waals surface area contributed by atoms with Crippen LogP contribution in [0.4, 0.5) is 0 Å². The van der Waals surface area contributed by atoms with Crippen LogP contribution < -0.4 is 10.6 Å². The van der Waals surface area contributed by atoms with E-state index in [-0.39, 0.29) is 36.7 Å². The highest BCUT2D eigenvalue weighted by atomic mass is 32.1. The van der Waals surface area contributed by atoms with Crippen LogP contribution in [0.5, 0.6) is 0 Å². The van der Waals surface area contributed by atoms with Crippen molar-refractivity contribution in [3.63, 3.8) is 0 Å². The number of thiazole rings is 1. The molecule has 1 fully saturated rings. The minimum Gasteiger partial charge on any atom is -0.391 e. The number of benzene rings is 1. The number of nitrogens with one attached hydrogen (secondary N) is 2. The minimum absolute atomic E-state index is 0.0713. The maximum Gasteiger partial charge on any atom is 0.246 e. The van der Waals surface area contributed by atoms with Gasteiger partial charge in [-0.1, -0.05) is 32.9 Å². The van der Waals surface area contributed by atoms with Crippen LogP contribution >= 0.6 is 11.3 Å². The molecule has 1 aliphatic heterocycles. The van der Waals surface area contributed by atoms with Crippen LogP contribution in [0.2, 0.25) is 0 Å². The van der Waals surface area contributed by atoms with E-state index >= 15 is 0 Å². The molecule has 9 heteroatoms. The molecule has 3 amide bonds. The molecule has 4 rings (SSSR count). The van der Waals surface area contributed by atoms with Gasteiger partial charge in [-0.3, -0.25) is 14.4 Å². The summed E-state index contributed by atoms with van der Waals surface area (Å²) in [7, 11) is 0. The number of fused-ring (bicyclic) bond motifs is 1. The second-order valence-electron chi connectivity index (χ2n) is 10.7. The van der Waals surface area contributed by atoms with Crippen molar-refractivity contribution < 1.29 is 19.5 Å². The Bertz CT molecular complexity index is 1140. The van der Waals surface area contributed by atoms with Crippen LogP contribution in [0.1, 0.15) is 63.4 Å². The molecular weight excluding hydrogens is 464 g/mol. The molecular formula is C26H34N4O4S. The van der Waals surface area contributed by atoms with Gasteiger partial charge in [0.25, 0.3) is 0 Å². The van der Waals surface area contributed by atoms with Crippen LogP contribution in [-0.2, 0) is 20.8 Å². The van der Waals surface area contributed by atoms with Crippen molar-refractivity contribution in [2.75, 3.05) is 6.54 Å². The Labute approximate surface area is 210 Å². The van der Waals surface area contributed by atoms with Gasteiger partial charge in [-0.2, -0.15) is 0 Å². The summed E-state index contributed by atoms with van der Waals surface area (Å²) in [5.41, 5.74) is 5.74. The fourth-order valence-electron chi connectivity index (χ4n) is 5.08. The van der Waals surface area contributed by atoms with Gasteiger partial charge in [0.15, 0.2) is 0 Å². The summed E-state index contributed by atoms with van der Waals surface area (Å²) < 4.78 is 0. The van der Waals surface area contributed by atoms with Crippen molar-refractivity contribution in [2.45, 2.75) is 78.1 Å². The van der Waals surface area contributed by atoms with Gasteiger partial charge in [0.1, 0.15) is 12.1 Å². The quantitative estimate of drug-likeness (QED) is 0.587. The Balaban J connectivity index is 1.50. The molecule has 0 radical (unpaired) electrons. The van der Waals surface area contributed by atoms with Gasteiger partial charge < -0.3 is 20.6 Å². The molecule has 2 aromatic rings. The molecule has 0 spiro atoms. The van der Waals surface area contributed by atoms with Crippen LogP contribution in [0, 0.1) is 12.3 Å². The molecule has 4 atom stereocenters. The zero-order valence-corrected chi connectivity index (χ0v) is 21.7. The van der Waals surface area contributed by atoms with Gasteiger partial charge in [0, 0.05) is 19.9 Å². The van der Waals surface area contributed by atoms with Crippen LogP contribution in [0.3, 0.4) is 0 Å². The fraction of sp³-hybridized carbons (Fsp3) is 0.538. The maximum absolute atomic E-state index is 13.4. The molecule has 0 saturated carbocycles. The van der Waals surface area contributed by atoms with E-state index in [4.69, 9.17) is 0 Å². The first-order valence-electron chi connectivity index (χ1n) is 12.0. The van der Waals surface area contributed by atoms with Crippen molar-refractivity contribution in [3.05, 3.63) is 40.5 Å². The number of carbonyl (C=O) groups excluding carboxylic acids is 3. The Morgan fingerprint density at radius 2 is 2.00 bits per heavy atom. The van der Waals surface area contributed by atoms with Gasteiger partial charge in [-0.05, 0) is 47.9 Å². The first-order valence-corrected chi connectivity index (χ1v) is 12.9. The number of hydrogen-bond acceptors (Lipinski definition) is 6. The molecule has 35 heavy (non-hydrogen) atoms. The molecule has 1 saturated heterocycles. The van der Waals surface area contributed by atoms with E-state index in [1.165, 1.54) is 17.4 Å². The predicted molar refractivity (Wildman–Crippen MR) is 135 cm³/mol. The van der Waals surface area contributed by atoms with Crippen LogP contribution in [0.15, 0.2) is 23.7 Å². The number of aryl methyl sites for hydroxylation is 2. The average molecular weight is 499 g/mol. The predicted octanol–water partition coefficient (Wildman–Crippen LogP) is 2.73. The molecule has 3 N–H and O–H groups in total. The first kappa shape index (κ1) is 25.3. The van der Waals surface area contributed by atoms with Crippen LogP contribution in [-0.4, -0.2) is 57.4 Å². The fourth-order valence-corrected chi connectivity index (χ4v) is 5.88. The Kier molecular flexibility index (Phi) is 7.02. The largest absolute Gasteiger partial charge is 0.391 e. The summed E-state index contributed by atoms with van der Waals surface area (Å²) in [4.78, 5) is 45.4. The van der Waals surface area contributed by atoms with E-state index in [0.717, 1.165) is 34.5 Å². The van der Waals surface area contributed by atoms with Crippen molar-refractivity contribution in [2.24, 2.45) is 5.41 Å². The molecule has 0 bridgehead atoms. The highest BCUT2D eigenvalue weighted by Crippen LogP contribution is 2.36. The van der Waals surface area contributed by atoms with Gasteiger partial charge in [0.05, 0.1) is 28.2 Å². The monoisotopic (exact) mass is 498 g/mol. The molecule has 2 aliphatic rings. The second kappa shape index (κ2) is 9.70. The lowest BCUT2D eigenvalue weighted by Gasteiger charge is -2.35. The summed E-state index contributed by atoms with van der Waals surface area (Å²) in [6, 6.07) is 4.61. The molecule has 1 aromatic heterocycles.